The average Bonchev–Trinajstić information content (AvgIpc) is 2.97. The maximum absolute atomic E-state index is 12.8. The van der Waals surface area contributed by atoms with Crippen LogP contribution >= 0.6 is 0 Å². The summed E-state index contributed by atoms with van der Waals surface area (Å²) >= 11 is 0. The Labute approximate surface area is 157 Å². The third-order valence-corrected chi connectivity index (χ3v) is 5.65. The fraction of sp³-hybridized carbons (Fsp3) is 0.450. The minimum Gasteiger partial charge on any atom is -0.341 e. The van der Waals surface area contributed by atoms with Crippen molar-refractivity contribution in [2.24, 2.45) is 5.92 Å². The summed E-state index contributed by atoms with van der Waals surface area (Å²) in [7, 11) is 0. The van der Waals surface area contributed by atoms with Crippen molar-refractivity contribution in [2.45, 2.75) is 31.8 Å². The van der Waals surface area contributed by atoms with Crippen LogP contribution in [0.25, 0.3) is 0 Å². The van der Waals surface area contributed by atoms with Crippen LogP contribution in [-0.4, -0.2) is 51.4 Å². The number of rotatable bonds is 4. The zero-order valence-corrected chi connectivity index (χ0v) is 15.2. The number of carbonyl (C=O) groups is 1. The molecule has 1 amide bonds. The van der Waals surface area contributed by atoms with Crippen LogP contribution < -0.4 is 11.2 Å². The van der Waals surface area contributed by atoms with Gasteiger partial charge in [0.05, 0.1) is 6.42 Å². The lowest BCUT2D eigenvalue weighted by Gasteiger charge is -2.36. The minimum absolute atomic E-state index is 0.0181. The van der Waals surface area contributed by atoms with Crippen molar-refractivity contribution in [3.63, 3.8) is 0 Å². The van der Waals surface area contributed by atoms with Gasteiger partial charge in [-0.3, -0.25) is 19.5 Å². The van der Waals surface area contributed by atoms with Crippen molar-refractivity contribution < 1.29 is 4.79 Å². The second-order valence-corrected chi connectivity index (χ2v) is 7.58. The van der Waals surface area contributed by atoms with E-state index in [9.17, 15) is 14.4 Å². The Kier molecular flexibility index (Phi) is 4.94. The molecule has 3 aliphatic heterocycles. The Morgan fingerprint density at radius 3 is 2.67 bits per heavy atom. The molecule has 0 radical (unpaired) electrons. The van der Waals surface area contributed by atoms with E-state index in [4.69, 9.17) is 0 Å². The van der Waals surface area contributed by atoms with Gasteiger partial charge in [-0.15, -0.1) is 0 Å². The molecule has 2 bridgehead atoms. The average molecular weight is 368 g/mol. The molecule has 2 aromatic rings. The molecule has 5 rings (SSSR count). The summed E-state index contributed by atoms with van der Waals surface area (Å²) in [5.41, 5.74) is 0.552. The highest BCUT2D eigenvalue weighted by Crippen LogP contribution is 2.29. The number of nitrogens with zero attached hydrogens (tertiary/aromatic N) is 2. The smallest absolute Gasteiger partial charge is 0.325 e. The Hall–Kier alpha value is -2.67. The van der Waals surface area contributed by atoms with Gasteiger partial charge in [-0.05, 0) is 24.3 Å². The zero-order valence-electron chi connectivity index (χ0n) is 15.2. The van der Waals surface area contributed by atoms with Crippen LogP contribution in [0.1, 0.15) is 24.0 Å². The first-order valence-electron chi connectivity index (χ1n) is 9.45. The molecular formula is C20H24N4O3. The van der Waals surface area contributed by atoms with Crippen molar-refractivity contribution >= 4 is 5.91 Å². The Morgan fingerprint density at radius 1 is 1.07 bits per heavy atom. The predicted molar refractivity (Wildman–Crippen MR) is 101 cm³/mol. The topological polar surface area (TPSA) is 89.3 Å². The third-order valence-electron chi connectivity index (χ3n) is 5.65. The van der Waals surface area contributed by atoms with Gasteiger partial charge in [-0.2, -0.15) is 0 Å². The summed E-state index contributed by atoms with van der Waals surface area (Å²) in [6.07, 6.45) is 3.59. The summed E-state index contributed by atoms with van der Waals surface area (Å²) in [4.78, 5) is 44.8. The van der Waals surface area contributed by atoms with Gasteiger partial charge < -0.3 is 9.88 Å². The van der Waals surface area contributed by atoms with E-state index in [2.05, 4.69) is 39.1 Å². The van der Waals surface area contributed by atoms with Gasteiger partial charge in [0.15, 0.2) is 0 Å². The molecule has 7 nitrogen and oxygen atoms in total. The molecule has 7 heteroatoms. The fourth-order valence-electron chi connectivity index (χ4n) is 4.24. The number of hydrogen-bond acceptors (Lipinski definition) is 4. The summed E-state index contributed by atoms with van der Waals surface area (Å²) in [5, 5.41) is 0. The monoisotopic (exact) mass is 368 g/mol. The van der Waals surface area contributed by atoms with Gasteiger partial charge in [-0.1, -0.05) is 30.3 Å². The molecule has 2 atom stereocenters. The van der Waals surface area contributed by atoms with E-state index in [1.165, 1.54) is 11.8 Å². The molecule has 3 saturated heterocycles. The highest BCUT2D eigenvalue weighted by atomic mass is 16.2. The van der Waals surface area contributed by atoms with E-state index in [0.29, 0.717) is 24.1 Å². The number of H-pyrrole nitrogens is 2. The van der Waals surface area contributed by atoms with Crippen LogP contribution in [0.15, 0.2) is 46.1 Å². The Bertz CT molecular complexity index is 921. The largest absolute Gasteiger partial charge is 0.341 e. The lowest BCUT2D eigenvalue weighted by atomic mass is 9.94. The quantitative estimate of drug-likeness (QED) is 0.833. The summed E-state index contributed by atoms with van der Waals surface area (Å²) in [5.74, 6) is 0.413. The number of carbonyl (C=O) groups excluding carboxylic acids is 1. The lowest BCUT2D eigenvalue weighted by molar-refractivity contribution is -0.130. The summed E-state index contributed by atoms with van der Waals surface area (Å²) in [6.45, 7) is 3.34. The molecule has 142 valence electrons. The van der Waals surface area contributed by atoms with Crippen molar-refractivity contribution in [1.29, 1.82) is 0 Å². The normalized spacial score (nSPS) is 22.6. The third kappa shape index (κ3) is 4.03. The number of fused-ring (bicyclic) bond motifs is 4. The number of amides is 1. The maximum atomic E-state index is 12.8. The molecular weight excluding hydrogens is 344 g/mol. The predicted octanol–water partition coefficient (Wildman–Crippen LogP) is 0.729. The van der Waals surface area contributed by atoms with Crippen molar-refractivity contribution in [3.05, 3.63) is 68.5 Å². The fourth-order valence-corrected chi connectivity index (χ4v) is 4.24. The maximum Gasteiger partial charge on any atom is 0.325 e. The van der Waals surface area contributed by atoms with Crippen LogP contribution in [0.5, 0.6) is 0 Å². The second-order valence-electron chi connectivity index (χ2n) is 7.58. The van der Waals surface area contributed by atoms with Gasteiger partial charge in [0, 0.05) is 44.0 Å². The number of aromatic nitrogens is 2. The first kappa shape index (κ1) is 17.7. The van der Waals surface area contributed by atoms with E-state index >= 15 is 0 Å². The van der Waals surface area contributed by atoms with Gasteiger partial charge in [0.1, 0.15) is 0 Å². The highest BCUT2D eigenvalue weighted by molar-refractivity contribution is 5.78. The molecule has 3 fully saturated rings. The number of benzene rings is 1. The van der Waals surface area contributed by atoms with Crippen LogP contribution in [0.3, 0.4) is 0 Å². The minimum atomic E-state index is -0.555. The van der Waals surface area contributed by atoms with Crippen molar-refractivity contribution in [1.82, 2.24) is 19.8 Å². The number of nitrogens with one attached hydrogen (secondary N) is 2. The zero-order chi connectivity index (χ0) is 18.8. The lowest BCUT2D eigenvalue weighted by Crippen LogP contribution is -2.44. The first-order valence-corrected chi connectivity index (χ1v) is 9.45. The van der Waals surface area contributed by atoms with E-state index in [1.54, 1.807) is 0 Å². The molecule has 4 heterocycles. The molecule has 1 aromatic carbocycles. The van der Waals surface area contributed by atoms with Crippen LogP contribution in [-0.2, 0) is 17.8 Å². The summed E-state index contributed by atoms with van der Waals surface area (Å²) < 4.78 is 0. The Balaban J connectivity index is 1.45. The van der Waals surface area contributed by atoms with Gasteiger partial charge >= 0.3 is 5.69 Å². The van der Waals surface area contributed by atoms with Crippen molar-refractivity contribution in [2.75, 3.05) is 19.6 Å². The molecule has 0 spiro atoms. The first-order chi connectivity index (χ1) is 13.1. The Morgan fingerprint density at radius 2 is 1.89 bits per heavy atom. The number of hydrogen-bond donors (Lipinski definition) is 2. The molecule has 1 aromatic heterocycles. The molecule has 3 aliphatic rings. The highest BCUT2D eigenvalue weighted by Gasteiger charge is 2.36. The van der Waals surface area contributed by atoms with Crippen molar-refractivity contribution in [3.8, 4) is 0 Å². The molecule has 2 N–H and O–H groups in total. The van der Waals surface area contributed by atoms with Crippen LogP contribution in [0.4, 0.5) is 0 Å². The van der Waals surface area contributed by atoms with E-state index in [0.717, 1.165) is 32.5 Å². The van der Waals surface area contributed by atoms with E-state index in [-0.39, 0.29) is 12.3 Å². The van der Waals surface area contributed by atoms with Gasteiger partial charge in [-0.25, -0.2) is 4.79 Å². The molecule has 0 aliphatic carbocycles. The van der Waals surface area contributed by atoms with E-state index < -0.39 is 11.2 Å². The van der Waals surface area contributed by atoms with Crippen LogP contribution in [0, 0.1) is 5.92 Å². The summed E-state index contributed by atoms with van der Waals surface area (Å²) in [6, 6.07) is 10.8. The number of piperidine rings is 1. The van der Waals surface area contributed by atoms with Crippen LogP contribution in [0.2, 0.25) is 0 Å². The second kappa shape index (κ2) is 7.52. The SMILES string of the molecule is O=C(Cc1c[nH]c(=O)[nH]c1=O)N1C[C@@H]2CC[C@H](C1)N(Cc1ccccc1)C2. The van der Waals surface area contributed by atoms with Gasteiger partial charge in [0.2, 0.25) is 5.91 Å². The van der Waals surface area contributed by atoms with Gasteiger partial charge in [0.25, 0.3) is 5.56 Å². The van der Waals surface area contributed by atoms with E-state index in [1.807, 2.05) is 11.0 Å². The molecule has 27 heavy (non-hydrogen) atoms. The molecule has 0 saturated carbocycles. The number of aromatic amines is 2. The standard InChI is InChI=1S/C20H24N4O3/c25-18(8-16-9-21-20(27)22-19(16)26)24-12-15-6-7-17(13-24)23(11-15)10-14-4-2-1-3-5-14/h1-5,9,15,17H,6-8,10-13H2,(H2,21,22,26,27)/t15-,17-/m1/s1. The molecule has 0 unspecified atom stereocenters.